The van der Waals surface area contributed by atoms with Crippen LogP contribution in [0.4, 0.5) is 5.69 Å². The molecule has 6 nitrogen and oxygen atoms in total. The van der Waals surface area contributed by atoms with E-state index in [9.17, 15) is 9.59 Å². The Hall–Kier alpha value is -3.02. The molecular formula is C21H23NO5. The molecule has 0 bridgehead atoms. The van der Waals surface area contributed by atoms with Gasteiger partial charge in [0.2, 0.25) is 0 Å². The maximum atomic E-state index is 12.9. The highest BCUT2D eigenvalue weighted by Gasteiger charge is 2.30. The molecule has 142 valence electrons. The first-order valence-corrected chi connectivity index (χ1v) is 8.88. The van der Waals surface area contributed by atoms with Gasteiger partial charge in [-0.1, -0.05) is 24.3 Å². The molecule has 2 aromatic carbocycles. The van der Waals surface area contributed by atoms with E-state index in [1.165, 1.54) is 14.2 Å². The third-order valence-corrected chi connectivity index (χ3v) is 4.64. The fourth-order valence-electron chi connectivity index (χ4n) is 3.30. The van der Waals surface area contributed by atoms with Gasteiger partial charge in [0.25, 0.3) is 5.91 Å². The molecule has 0 spiro atoms. The van der Waals surface area contributed by atoms with Crippen LogP contribution in [0.25, 0.3) is 0 Å². The van der Waals surface area contributed by atoms with Crippen LogP contribution in [-0.2, 0) is 16.0 Å². The largest absolute Gasteiger partial charge is 0.496 e. The quantitative estimate of drug-likeness (QED) is 0.757. The lowest BCUT2D eigenvalue weighted by Crippen LogP contribution is -2.42. The molecule has 2 aromatic rings. The van der Waals surface area contributed by atoms with Gasteiger partial charge >= 0.3 is 5.97 Å². The van der Waals surface area contributed by atoms with E-state index >= 15 is 0 Å². The number of methoxy groups -OCH3 is 2. The van der Waals surface area contributed by atoms with E-state index in [1.54, 1.807) is 30.0 Å². The van der Waals surface area contributed by atoms with Crippen LogP contribution in [0, 0.1) is 0 Å². The van der Waals surface area contributed by atoms with E-state index < -0.39 is 12.1 Å². The zero-order valence-corrected chi connectivity index (χ0v) is 15.7. The van der Waals surface area contributed by atoms with Crippen LogP contribution in [0.1, 0.15) is 29.3 Å². The Balaban J connectivity index is 1.79. The number of nitrogens with zero attached hydrogens (tertiary/aromatic N) is 1. The molecule has 0 N–H and O–H groups in total. The fourth-order valence-corrected chi connectivity index (χ4v) is 3.30. The van der Waals surface area contributed by atoms with Crippen LogP contribution in [0.5, 0.6) is 11.5 Å². The van der Waals surface area contributed by atoms with Gasteiger partial charge in [-0.2, -0.15) is 0 Å². The minimum atomic E-state index is -0.932. The second kappa shape index (κ2) is 8.12. The highest BCUT2D eigenvalue weighted by atomic mass is 16.6. The normalized spacial score (nSPS) is 14.1. The van der Waals surface area contributed by atoms with E-state index in [2.05, 4.69) is 0 Å². The molecule has 6 heteroatoms. The Kier molecular flexibility index (Phi) is 5.64. The van der Waals surface area contributed by atoms with Crippen molar-refractivity contribution in [1.82, 2.24) is 0 Å². The monoisotopic (exact) mass is 369 g/mol. The zero-order valence-electron chi connectivity index (χ0n) is 15.7. The molecule has 0 fully saturated rings. The Labute approximate surface area is 158 Å². The topological polar surface area (TPSA) is 65.1 Å². The zero-order chi connectivity index (χ0) is 19.4. The lowest BCUT2D eigenvalue weighted by atomic mass is 10.0. The van der Waals surface area contributed by atoms with Crippen molar-refractivity contribution in [2.45, 2.75) is 25.9 Å². The number of amides is 1. The standard InChI is InChI=1S/C21H23NO5/c1-14(20(23)22-13-7-9-15-8-4-5-10-16(15)22)27-21(24)19-17(25-2)11-6-12-18(19)26-3/h4-6,8,10-12,14H,7,9,13H2,1-3H3. The number of aryl methyl sites for hydroxylation is 1. The summed E-state index contributed by atoms with van der Waals surface area (Å²) in [7, 11) is 2.93. The summed E-state index contributed by atoms with van der Waals surface area (Å²) in [6.45, 7) is 2.19. The fraction of sp³-hybridized carbons (Fsp3) is 0.333. The molecule has 1 aliphatic heterocycles. The molecule has 0 aliphatic carbocycles. The van der Waals surface area contributed by atoms with E-state index in [0.717, 1.165) is 24.1 Å². The summed E-state index contributed by atoms with van der Waals surface area (Å²) in [4.78, 5) is 27.3. The number of anilines is 1. The number of carbonyl (C=O) groups excluding carboxylic acids is 2. The summed E-state index contributed by atoms with van der Waals surface area (Å²) >= 11 is 0. The molecule has 1 unspecified atom stereocenters. The number of carbonyl (C=O) groups is 2. The number of esters is 1. The predicted molar refractivity (Wildman–Crippen MR) is 102 cm³/mol. The molecular weight excluding hydrogens is 346 g/mol. The van der Waals surface area contributed by atoms with E-state index in [1.807, 2.05) is 24.3 Å². The lowest BCUT2D eigenvalue weighted by molar-refractivity contribution is -0.126. The molecule has 27 heavy (non-hydrogen) atoms. The molecule has 1 heterocycles. The van der Waals surface area contributed by atoms with Crippen LogP contribution < -0.4 is 14.4 Å². The van der Waals surface area contributed by atoms with Crippen molar-refractivity contribution in [2.75, 3.05) is 25.7 Å². The average molecular weight is 369 g/mol. The number of ether oxygens (including phenoxy) is 3. The minimum Gasteiger partial charge on any atom is -0.496 e. The van der Waals surface area contributed by atoms with Crippen molar-refractivity contribution < 1.29 is 23.8 Å². The first kappa shape index (κ1) is 18.8. The molecule has 1 atom stereocenters. The van der Waals surface area contributed by atoms with E-state index in [0.29, 0.717) is 18.0 Å². The van der Waals surface area contributed by atoms with Crippen LogP contribution in [0.15, 0.2) is 42.5 Å². The average Bonchev–Trinajstić information content (AvgIpc) is 2.71. The van der Waals surface area contributed by atoms with Crippen LogP contribution in [-0.4, -0.2) is 38.7 Å². The lowest BCUT2D eigenvalue weighted by Gasteiger charge is -2.31. The summed E-state index contributed by atoms with van der Waals surface area (Å²) in [6, 6.07) is 12.8. The van der Waals surface area contributed by atoms with Crippen LogP contribution in [0.2, 0.25) is 0 Å². The van der Waals surface area contributed by atoms with Gasteiger partial charge in [-0.25, -0.2) is 4.79 Å². The summed E-state index contributed by atoms with van der Waals surface area (Å²) in [6.07, 6.45) is 0.884. The number of hydrogen-bond acceptors (Lipinski definition) is 5. The minimum absolute atomic E-state index is 0.168. The summed E-state index contributed by atoms with van der Waals surface area (Å²) in [5.74, 6) is -0.232. The number of rotatable bonds is 5. The van der Waals surface area contributed by atoms with Crippen molar-refractivity contribution in [3.8, 4) is 11.5 Å². The molecule has 0 aromatic heterocycles. The molecule has 3 rings (SSSR count). The van der Waals surface area contributed by atoms with Gasteiger partial charge < -0.3 is 19.1 Å². The molecule has 1 aliphatic rings. The molecule has 0 saturated heterocycles. The van der Waals surface area contributed by atoms with Crippen molar-refractivity contribution >= 4 is 17.6 Å². The summed E-state index contributed by atoms with van der Waals surface area (Å²) in [5.41, 5.74) is 2.18. The van der Waals surface area contributed by atoms with Crippen molar-refractivity contribution in [3.63, 3.8) is 0 Å². The first-order valence-electron chi connectivity index (χ1n) is 8.88. The highest BCUT2D eigenvalue weighted by molar-refractivity contribution is 6.01. The number of benzene rings is 2. The van der Waals surface area contributed by atoms with Gasteiger partial charge in [-0.15, -0.1) is 0 Å². The molecule has 0 saturated carbocycles. The van der Waals surface area contributed by atoms with E-state index in [-0.39, 0.29) is 11.5 Å². The second-order valence-electron chi connectivity index (χ2n) is 6.31. The highest BCUT2D eigenvalue weighted by Crippen LogP contribution is 2.30. The van der Waals surface area contributed by atoms with Crippen molar-refractivity contribution in [3.05, 3.63) is 53.6 Å². The van der Waals surface area contributed by atoms with Crippen LogP contribution in [0.3, 0.4) is 0 Å². The van der Waals surface area contributed by atoms with Gasteiger partial charge in [-0.3, -0.25) is 4.79 Å². The molecule has 1 amide bonds. The number of fused-ring (bicyclic) bond motifs is 1. The third-order valence-electron chi connectivity index (χ3n) is 4.64. The number of para-hydroxylation sites is 1. The van der Waals surface area contributed by atoms with Gasteiger partial charge in [0.1, 0.15) is 17.1 Å². The van der Waals surface area contributed by atoms with Crippen molar-refractivity contribution in [1.29, 1.82) is 0 Å². The third kappa shape index (κ3) is 3.74. The van der Waals surface area contributed by atoms with Gasteiger partial charge in [0.05, 0.1) is 14.2 Å². The molecule has 0 radical (unpaired) electrons. The summed E-state index contributed by atoms with van der Waals surface area (Å²) in [5, 5.41) is 0. The summed E-state index contributed by atoms with van der Waals surface area (Å²) < 4.78 is 15.9. The first-order chi connectivity index (χ1) is 13.1. The smallest absolute Gasteiger partial charge is 0.346 e. The SMILES string of the molecule is COc1cccc(OC)c1C(=O)OC(C)C(=O)N1CCCc2ccccc21. The predicted octanol–water partition coefficient (Wildman–Crippen LogP) is 3.23. The van der Waals surface area contributed by atoms with Gasteiger partial charge in [-0.05, 0) is 43.5 Å². The number of hydrogen-bond donors (Lipinski definition) is 0. The van der Waals surface area contributed by atoms with Gasteiger partial charge in [0, 0.05) is 12.2 Å². The van der Waals surface area contributed by atoms with Crippen molar-refractivity contribution in [2.24, 2.45) is 0 Å². The maximum Gasteiger partial charge on any atom is 0.346 e. The Morgan fingerprint density at radius 3 is 2.33 bits per heavy atom. The Morgan fingerprint density at radius 1 is 1.00 bits per heavy atom. The van der Waals surface area contributed by atoms with Crippen LogP contribution >= 0.6 is 0 Å². The van der Waals surface area contributed by atoms with E-state index in [4.69, 9.17) is 14.2 Å². The second-order valence-corrected chi connectivity index (χ2v) is 6.31. The Morgan fingerprint density at radius 2 is 1.67 bits per heavy atom. The van der Waals surface area contributed by atoms with Gasteiger partial charge in [0.15, 0.2) is 6.10 Å². The Bertz CT molecular complexity index is 826. The maximum absolute atomic E-state index is 12.9.